The molecular weight excluding hydrogens is 360 g/mol. The summed E-state index contributed by atoms with van der Waals surface area (Å²) in [7, 11) is 2.76. The molecule has 6 heteroatoms. The predicted octanol–water partition coefficient (Wildman–Crippen LogP) is 2.60. The van der Waals surface area contributed by atoms with Crippen LogP contribution in [-0.4, -0.2) is 43.5 Å². The van der Waals surface area contributed by atoms with E-state index in [9.17, 15) is 19.5 Å². The van der Waals surface area contributed by atoms with Crippen LogP contribution in [0.1, 0.15) is 47.0 Å². The lowest BCUT2D eigenvalue weighted by atomic mass is 9.53. The average molecular weight is 390 g/mol. The highest BCUT2D eigenvalue weighted by molar-refractivity contribution is 6.26. The van der Waals surface area contributed by atoms with Gasteiger partial charge in [-0.2, -0.15) is 0 Å². The van der Waals surface area contributed by atoms with E-state index < -0.39 is 16.7 Å². The Balaban J connectivity index is 2.25. The molecule has 1 saturated carbocycles. The molecule has 4 atom stereocenters. The summed E-state index contributed by atoms with van der Waals surface area (Å²) in [6, 6.07) is 0. The van der Waals surface area contributed by atoms with Gasteiger partial charge in [-0.1, -0.05) is 27.2 Å². The summed E-state index contributed by atoms with van der Waals surface area (Å²) in [5, 5.41) is 10.3. The summed E-state index contributed by atoms with van der Waals surface area (Å²) < 4.78 is 10.5. The molecule has 1 fully saturated rings. The molecule has 0 aromatic carbocycles. The van der Waals surface area contributed by atoms with Crippen molar-refractivity contribution in [1.82, 2.24) is 0 Å². The van der Waals surface area contributed by atoms with Crippen LogP contribution in [0.2, 0.25) is 0 Å². The average Bonchev–Trinajstić information content (AvgIpc) is 2.93. The number of ether oxygens (including phenoxy) is 2. The Morgan fingerprint density at radius 1 is 1.18 bits per heavy atom. The maximum absolute atomic E-state index is 13.5. The molecule has 28 heavy (non-hydrogen) atoms. The maximum atomic E-state index is 13.5. The summed E-state index contributed by atoms with van der Waals surface area (Å²) in [6.45, 7) is 7.19. The number of methoxy groups -OCH3 is 2. The smallest absolute Gasteiger partial charge is 0.311 e. The molecule has 3 aliphatic carbocycles. The number of allylic oxidation sites excluding steroid dienone is 2. The van der Waals surface area contributed by atoms with Crippen LogP contribution < -0.4 is 0 Å². The molecule has 0 aromatic heterocycles. The number of hydrogen-bond acceptors (Lipinski definition) is 6. The summed E-state index contributed by atoms with van der Waals surface area (Å²) in [6.07, 6.45) is 2.01. The van der Waals surface area contributed by atoms with Gasteiger partial charge in [-0.15, -0.1) is 0 Å². The Kier molecular flexibility index (Phi) is 5.07. The highest BCUT2D eigenvalue weighted by atomic mass is 16.5. The minimum Gasteiger partial charge on any atom is -0.492 e. The number of carbonyl (C=O) groups excluding carboxylic acids is 3. The Labute approximate surface area is 166 Å². The number of ketones is 2. The van der Waals surface area contributed by atoms with Crippen molar-refractivity contribution in [1.29, 1.82) is 0 Å². The van der Waals surface area contributed by atoms with Gasteiger partial charge in [0.25, 0.3) is 0 Å². The Morgan fingerprint density at radius 3 is 2.32 bits per heavy atom. The van der Waals surface area contributed by atoms with Crippen LogP contribution in [0.15, 0.2) is 22.5 Å². The number of fused-ring (bicyclic) bond motifs is 2. The molecule has 6 nitrogen and oxygen atoms in total. The normalized spacial score (nSPS) is 35.3. The molecule has 0 saturated heterocycles. The van der Waals surface area contributed by atoms with Crippen molar-refractivity contribution in [3.05, 3.63) is 22.5 Å². The lowest BCUT2D eigenvalue weighted by Crippen LogP contribution is -2.50. The second kappa shape index (κ2) is 6.83. The highest BCUT2D eigenvalue weighted by Gasteiger charge is 2.65. The number of aliphatic hydroxyl groups is 1. The Hall–Kier alpha value is -1.95. The van der Waals surface area contributed by atoms with Gasteiger partial charge in [0.05, 0.1) is 26.2 Å². The monoisotopic (exact) mass is 390 g/mol. The van der Waals surface area contributed by atoms with Crippen LogP contribution in [0.25, 0.3) is 0 Å². The van der Waals surface area contributed by atoms with Crippen LogP contribution >= 0.6 is 0 Å². The van der Waals surface area contributed by atoms with E-state index in [4.69, 9.17) is 9.47 Å². The van der Waals surface area contributed by atoms with Crippen LogP contribution in [0.4, 0.5) is 0 Å². The summed E-state index contributed by atoms with van der Waals surface area (Å²) in [5.74, 6) is -1.92. The first-order chi connectivity index (χ1) is 13.1. The van der Waals surface area contributed by atoms with Gasteiger partial charge >= 0.3 is 5.97 Å². The van der Waals surface area contributed by atoms with E-state index in [1.807, 2.05) is 27.7 Å². The molecule has 0 aliphatic heterocycles. The summed E-state index contributed by atoms with van der Waals surface area (Å²) in [4.78, 5) is 39.7. The van der Waals surface area contributed by atoms with Gasteiger partial charge in [0.2, 0.25) is 5.78 Å². The first kappa shape index (κ1) is 20.8. The third-order valence-electron chi connectivity index (χ3n) is 7.18. The minimum atomic E-state index is -0.877. The molecule has 0 bridgehead atoms. The second-order valence-corrected chi connectivity index (χ2v) is 9.00. The lowest BCUT2D eigenvalue weighted by molar-refractivity contribution is -0.164. The third-order valence-corrected chi connectivity index (χ3v) is 7.18. The van der Waals surface area contributed by atoms with E-state index in [0.717, 1.165) is 6.42 Å². The number of aliphatic hydroxyl groups excluding tert-OH is 1. The van der Waals surface area contributed by atoms with E-state index in [1.165, 1.54) is 14.2 Å². The zero-order valence-corrected chi connectivity index (χ0v) is 17.5. The molecule has 1 unspecified atom stereocenters. The van der Waals surface area contributed by atoms with Gasteiger partial charge in [-0.05, 0) is 31.6 Å². The number of Topliss-reactive ketones (excluding diaryl/α,β-unsaturated/α-hetero) is 2. The fourth-order valence-electron chi connectivity index (χ4n) is 6.20. The van der Waals surface area contributed by atoms with Gasteiger partial charge in [-0.25, -0.2) is 0 Å². The number of rotatable bonds is 4. The van der Waals surface area contributed by atoms with E-state index in [1.54, 1.807) is 0 Å². The largest absolute Gasteiger partial charge is 0.492 e. The van der Waals surface area contributed by atoms with Gasteiger partial charge < -0.3 is 14.6 Å². The molecule has 0 radical (unpaired) electrons. The summed E-state index contributed by atoms with van der Waals surface area (Å²) in [5.41, 5.74) is -0.410. The first-order valence-electron chi connectivity index (χ1n) is 9.91. The van der Waals surface area contributed by atoms with Crippen LogP contribution in [0.5, 0.6) is 0 Å². The highest BCUT2D eigenvalue weighted by Crippen LogP contribution is 2.65. The lowest BCUT2D eigenvalue weighted by Gasteiger charge is -2.49. The van der Waals surface area contributed by atoms with Gasteiger partial charge in [0.15, 0.2) is 11.5 Å². The van der Waals surface area contributed by atoms with E-state index in [0.29, 0.717) is 29.6 Å². The van der Waals surface area contributed by atoms with Crippen LogP contribution in [0, 0.1) is 28.6 Å². The fraction of sp³-hybridized carbons (Fsp3) is 0.682. The predicted molar refractivity (Wildman–Crippen MR) is 102 cm³/mol. The molecule has 0 heterocycles. The van der Waals surface area contributed by atoms with Crippen molar-refractivity contribution in [2.45, 2.75) is 47.0 Å². The third kappa shape index (κ3) is 2.46. The molecule has 1 N–H and O–H groups in total. The fourth-order valence-corrected chi connectivity index (χ4v) is 6.20. The molecule has 154 valence electrons. The summed E-state index contributed by atoms with van der Waals surface area (Å²) >= 11 is 0. The Morgan fingerprint density at radius 2 is 1.82 bits per heavy atom. The van der Waals surface area contributed by atoms with E-state index >= 15 is 0 Å². The van der Waals surface area contributed by atoms with Crippen molar-refractivity contribution in [3.8, 4) is 0 Å². The SMILES string of the molecule is COC(=O)C1(C)CCC[C@]2(C)C3=C(C(=O)C(C(C)C)=C(OC)C3=O)[C@@H](CO)[C@@H]12. The molecule has 3 rings (SSSR count). The van der Waals surface area contributed by atoms with Crippen molar-refractivity contribution in [3.63, 3.8) is 0 Å². The zero-order valence-electron chi connectivity index (χ0n) is 17.5. The van der Waals surface area contributed by atoms with Crippen molar-refractivity contribution >= 4 is 17.5 Å². The molecular formula is C22H30O6. The number of hydrogen-bond donors (Lipinski definition) is 1. The molecule has 3 aliphatic rings. The van der Waals surface area contributed by atoms with Crippen LogP contribution in [-0.2, 0) is 23.9 Å². The van der Waals surface area contributed by atoms with Crippen LogP contribution in [0.3, 0.4) is 0 Å². The number of esters is 1. The standard InChI is InChI=1S/C22H30O6/c1-11(2)13-16(24)14-12(10-23)19-21(3,15(14)17(25)18(13)27-5)8-7-9-22(19,4)20(26)28-6/h11-12,19,23H,7-10H2,1-6H3/t12-,19-,21-,22?/m1/s1. The van der Waals surface area contributed by atoms with E-state index in [-0.39, 0.29) is 41.7 Å². The Bertz CT molecular complexity index is 802. The second-order valence-electron chi connectivity index (χ2n) is 9.00. The van der Waals surface area contributed by atoms with Gasteiger partial charge in [0, 0.05) is 28.1 Å². The molecule has 0 amide bonds. The zero-order chi connectivity index (χ0) is 21.0. The van der Waals surface area contributed by atoms with E-state index in [2.05, 4.69) is 0 Å². The molecule has 0 aromatic rings. The van der Waals surface area contributed by atoms with Crippen molar-refractivity contribution < 1.29 is 29.0 Å². The minimum absolute atomic E-state index is 0.0997. The molecule has 0 spiro atoms. The first-order valence-corrected chi connectivity index (χ1v) is 9.91. The van der Waals surface area contributed by atoms with Crippen molar-refractivity contribution in [2.24, 2.45) is 28.6 Å². The topological polar surface area (TPSA) is 89.9 Å². The van der Waals surface area contributed by atoms with Gasteiger partial charge in [0.1, 0.15) is 0 Å². The maximum Gasteiger partial charge on any atom is 0.311 e. The van der Waals surface area contributed by atoms with Crippen molar-refractivity contribution in [2.75, 3.05) is 20.8 Å². The van der Waals surface area contributed by atoms with Gasteiger partial charge in [-0.3, -0.25) is 14.4 Å². The number of carbonyl (C=O) groups is 3. The quantitative estimate of drug-likeness (QED) is 0.586.